The van der Waals surface area contributed by atoms with Crippen molar-refractivity contribution in [3.63, 3.8) is 0 Å². The Bertz CT molecular complexity index is 1490. The number of amides is 4. The van der Waals surface area contributed by atoms with E-state index in [1.54, 1.807) is 0 Å². The van der Waals surface area contributed by atoms with Crippen molar-refractivity contribution in [3.8, 4) is 0 Å². The average molecular weight is 670 g/mol. The van der Waals surface area contributed by atoms with Crippen LogP contribution in [0, 0.1) is 0 Å². The van der Waals surface area contributed by atoms with Gasteiger partial charge < -0.3 is 45.0 Å². The van der Waals surface area contributed by atoms with Crippen LogP contribution in [0.2, 0.25) is 10.3 Å². The van der Waals surface area contributed by atoms with Crippen molar-refractivity contribution in [1.82, 2.24) is 41.2 Å². The maximum absolute atomic E-state index is 12.3. The van der Waals surface area contributed by atoms with Crippen molar-refractivity contribution in [3.05, 3.63) is 21.7 Å². The quantitative estimate of drug-likeness (QED) is 0.0619. The van der Waals surface area contributed by atoms with E-state index in [0.29, 0.717) is 19.4 Å². The van der Waals surface area contributed by atoms with Gasteiger partial charge in [-0.3, -0.25) is 39.8 Å². The van der Waals surface area contributed by atoms with E-state index in [-0.39, 0.29) is 94.6 Å². The minimum Gasteiger partial charge on any atom is -0.382 e. The standard InChI is InChI=1S/C23H34Cl2N16O4/c1-9(35-10(42)5-4-8-34-23(31)41-21(45)12-16(27)39-18(29)14(25)37-12)19(43)32-6-2-3-7-33-22(30)40-20(44)11-15(26)38-17(28)13(24)36-11/h9H,2-8H2,1H3,(H,32,43)(H,35,42)(H4,26,28,38)(H4,27,29,39)(H3,30,33,40,44)(H3,31,34,41,45)/t9-/m1/s1. The van der Waals surface area contributed by atoms with Crippen LogP contribution >= 0.6 is 23.2 Å². The number of carbonyl (C=O) groups excluding carboxylic acids is 4. The summed E-state index contributed by atoms with van der Waals surface area (Å²) in [6.45, 7) is 2.22. The lowest BCUT2D eigenvalue weighted by molar-refractivity contribution is -0.128. The average Bonchev–Trinajstić information content (AvgIpc) is 2.96. The third-order valence-electron chi connectivity index (χ3n) is 5.50. The van der Waals surface area contributed by atoms with E-state index in [4.69, 9.17) is 57.6 Å². The fraction of sp³-hybridized carbons (Fsp3) is 0.391. The topological polar surface area (TPSA) is 349 Å². The Labute approximate surface area is 266 Å². The number of nitrogens with zero attached hydrogens (tertiary/aromatic N) is 6. The van der Waals surface area contributed by atoms with Crippen LogP contribution in [0.15, 0.2) is 9.98 Å². The first-order valence-electron chi connectivity index (χ1n) is 13.2. The first kappa shape index (κ1) is 36.0. The molecule has 2 rings (SSSR count). The number of aromatic nitrogens is 4. The zero-order valence-electron chi connectivity index (χ0n) is 24.1. The second-order valence-electron chi connectivity index (χ2n) is 9.10. The summed E-state index contributed by atoms with van der Waals surface area (Å²) in [5.41, 5.74) is 33.1. The van der Waals surface area contributed by atoms with Gasteiger partial charge in [-0.1, -0.05) is 23.2 Å². The van der Waals surface area contributed by atoms with Crippen molar-refractivity contribution >= 4 is 82.0 Å². The molecule has 0 fully saturated rings. The summed E-state index contributed by atoms with van der Waals surface area (Å²) < 4.78 is 0. The summed E-state index contributed by atoms with van der Waals surface area (Å²) in [6, 6.07) is -0.787. The molecule has 0 aliphatic carbocycles. The van der Waals surface area contributed by atoms with Gasteiger partial charge in [-0.15, -0.1) is 0 Å². The van der Waals surface area contributed by atoms with Crippen LogP contribution in [0.1, 0.15) is 53.6 Å². The maximum Gasteiger partial charge on any atom is 0.280 e. The zero-order chi connectivity index (χ0) is 33.7. The van der Waals surface area contributed by atoms with E-state index >= 15 is 0 Å². The van der Waals surface area contributed by atoms with Crippen LogP contribution in [0.3, 0.4) is 0 Å². The Morgan fingerprint density at radius 2 is 1.20 bits per heavy atom. The van der Waals surface area contributed by atoms with Gasteiger partial charge in [0.1, 0.15) is 6.04 Å². The molecular weight excluding hydrogens is 635 g/mol. The number of nitrogen functional groups attached to an aromatic ring is 4. The first-order valence-corrected chi connectivity index (χ1v) is 13.9. The summed E-state index contributed by atoms with van der Waals surface area (Å²) in [4.78, 5) is 71.8. The van der Waals surface area contributed by atoms with E-state index in [2.05, 4.69) is 51.2 Å². The molecule has 0 saturated heterocycles. The number of carbonyl (C=O) groups is 4. The second-order valence-corrected chi connectivity index (χ2v) is 9.82. The molecule has 0 radical (unpaired) electrons. The zero-order valence-corrected chi connectivity index (χ0v) is 25.6. The van der Waals surface area contributed by atoms with Gasteiger partial charge in [-0.25, -0.2) is 19.9 Å². The molecule has 16 N–H and O–H groups in total. The number of unbranched alkanes of at least 4 members (excludes halogenated alkanes) is 1. The number of rotatable bonds is 13. The van der Waals surface area contributed by atoms with E-state index in [9.17, 15) is 19.2 Å². The van der Waals surface area contributed by atoms with E-state index in [1.807, 2.05) is 0 Å². The highest BCUT2D eigenvalue weighted by atomic mass is 35.5. The van der Waals surface area contributed by atoms with Crippen LogP contribution in [-0.4, -0.2) is 81.2 Å². The van der Waals surface area contributed by atoms with E-state index in [0.717, 1.165) is 0 Å². The van der Waals surface area contributed by atoms with Crippen LogP contribution in [0.4, 0.5) is 23.3 Å². The minimum absolute atomic E-state index is 0.0504. The van der Waals surface area contributed by atoms with Crippen molar-refractivity contribution in [2.45, 2.75) is 38.6 Å². The molecule has 1 atom stereocenters. The lowest BCUT2D eigenvalue weighted by Gasteiger charge is -2.14. The number of halogens is 2. The second kappa shape index (κ2) is 17.2. The summed E-state index contributed by atoms with van der Waals surface area (Å²) in [6.07, 6.45) is 1.41. The highest BCUT2D eigenvalue weighted by Gasteiger charge is 2.18. The normalized spacial score (nSPS) is 12.2. The molecule has 244 valence electrons. The first-order chi connectivity index (χ1) is 21.2. The Hall–Kier alpha value is -5.24. The molecule has 2 heterocycles. The number of guanidine groups is 2. The molecule has 45 heavy (non-hydrogen) atoms. The van der Waals surface area contributed by atoms with Crippen LogP contribution < -0.4 is 55.7 Å². The Balaban J connectivity index is 1.62. The van der Waals surface area contributed by atoms with Gasteiger partial charge >= 0.3 is 0 Å². The van der Waals surface area contributed by atoms with Crippen LogP contribution in [0.5, 0.6) is 0 Å². The molecule has 0 spiro atoms. The number of aliphatic imine (C=N–C) groups is 2. The van der Waals surface area contributed by atoms with Gasteiger partial charge in [-0.05, 0) is 26.2 Å². The molecule has 2 aromatic rings. The molecule has 0 aliphatic rings. The fourth-order valence-corrected chi connectivity index (χ4v) is 3.52. The SMILES string of the molecule is C[C@@H](NC(=O)CCCN=C(N)NC(=O)c1nc(Cl)c(N)nc1N)C(=O)NCCCCN=C(N)NC(=O)c1nc(Cl)c(N)nc1N. The van der Waals surface area contributed by atoms with Gasteiger partial charge in [0.15, 0.2) is 56.9 Å². The predicted molar refractivity (Wildman–Crippen MR) is 169 cm³/mol. The van der Waals surface area contributed by atoms with Gasteiger partial charge in [0.05, 0.1) is 0 Å². The van der Waals surface area contributed by atoms with Crippen molar-refractivity contribution in [2.24, 2.45) is 21.5 Å². The Kier molecular flexibility index (Phi) is 13.7. The molecule has 22 heteroatoms. The molecule has 0 saturated carbocycles. The fourth-order valence-electron chi connectivity index (χ4n) is 3.27. The van der Waals surface area contributed by atoms with Gasteiger partial charge in [0.2, 0.25) is 11.8 Å². The summed E-state index contributed by atoms with van der Waals surface area (Å²) >= 11 is 11.5. The summed E-state index contributed by atoms with van der Waals surface area (Å²) in [5.74, 6) is -3.40. The highest BCUT2D eigenvalue weighted by Crippen LogP contribution is 2.18. The highest BCUT2D eigenvalue weighted by molar-refractivity contribution is 6.32. The minimum atomic E-state index is -0.788. The Morgan fingerprint density at radius 1 is 0.733 bits per heavy atom. The molecule has 0 bridgehead atoms. The number of hydrogen-bond donors (Lipinski definition) is 10. The molecule has 4 amide bonds. The molecule has 0 aromatic carbocycles. The smallest absolute Gasteiger partial charge is 0.280 e. The van der Waals surface area contributed by atoms with Gasteiger partial charge in [-0.2, -0.15) is 0 Å². The van der Waals surface area contributed by atoms with Crippen molar-refractivity contribution in [2.75, 3.05) is 42.6 Å². The lowest BCUT2D eigenvalue weighted by Crippen LogP contribution is -2.45. The van der Waals surface area contributed by atoms with E-state index < -0.39 is 17.9 Å². The number of nitrogens with one attached hydrogen (secondary N) is 4. The number of hydrogen-bond acceptors (Lipinski definition) is 14. The molecule has 20 nitrogen and oxygen atoms in total. The third-order valence-corrected chi connectivity index (χ3v) is 6.06. The van der Waals surface area contributed by atoms with Gasteiger partial charge in [0, 0.05) is 26.1 Å². The van der Waals surface area contributed by atoms with Crippen LogP contribution in [-0.2, 0) is 9.59 Å². The number of nitrogens with two attached hydrogens (primary N) is 6. The summed E-state index contributed by atoms with van der Waals surface area (Å²) in [5, 5.41) is 9.51. The molecule has 0 unspecified atom stereocenters. The maximum atomic E-state index is 12.3. The predicted octanol–water partition coefficient (Wildman–Crippen LogP) is -2.13. The third kappa shape index (κ3) is 11.8. The molecule has 0 aliphatic heterocycles. The number of anilines is 4. The Morgan fingerprint density at radius 3 is 1.69 bits per heavy atom. The van der Waals surface area contributed by atoms with E-state index in [1.165, 1.54) is 6.92 Å². The van der Waals surface area contributed by atoms with Crippen LogP contribution in [0.25, 0.3) is 0 Å². The monoisotopic (exact) mass is 668 g/mol. The van der Waals surface area contributed by atoms with Gasteiger partial charge in [0.25, 0.3) is 11.8 Å². The molecular formula is C23H34Cl2N16O4. The van der Waals surface area contributed by atoms with Crippen molar-refractivity contribution < 1.29 is 19.2 Å². The largest absolute Gasteiger partial charge is 0.382 e. The lowest BCUT2D eigenvalue weighted by atomic mass is 10.2. The molecule has 2 aromatic heterocycles. The summed E-state index contributed by atoms with van der Waals surface area (Å²) in [7, 11) is 0. The van der Waals surface area contributed by atoms with Crippen molar-refractivity contribution in [1.29, 1.82) is 0 Å².